The van der Waals surface area contributed by atoms with E-state index in [9.17, 15) is 34.1 Å². The molecule has 0 saturated carbocycles. The molecule has 0 radical (unpaired) electrons. The molecule has 24 nitrogen and oxygen atoms in total. The smallest absolute Gasteiger partial charge is 0.351 e. The molecule has 7 rings (SSSR count). The Morgan fingerprint density at radius 1 is 0.983 bits per heavy atom. The maximum Gasteiger partial charge on any atom is 0.351 e. The van der Waals surface area contributed by atoms with Crippen LogP contribution in [0.3, 0.4) is 0 Å². The first-order valence-electron chi connectivity index (χ1n) is 17.1. The van der Waals surface area contributed by atoms with Crippen LogP contribution in [0.2, 0.25) is 0 Å². The van der Waals surface area contributed by atoms with E-state index in [1.807, 2.05) is 0 Å². The summed E-state index contributed by atoms with van der Waals surface area (Å²) in [5.41, 5.74) is 10.2. The van der Waals surface area contributed by atoms with Gasteiger partial charge in [0, 0.05) is 37.2 Å². The standard InChI is InChI=1S/C29H38N10O14P2S2.CH4/c1-13-7-38(29(44)36-27(13)42)23-6-16(53-54(45,56)47-9-18-14(41)4-21(50-18)39-12-34-24-25(31)32-11-33-26(24)39)19(51-23)10-48-55(46,57)52-15-5-22(49-17(15)8-40)37-3-2-20(30)35-28(37)43;/h2-3,7,11-12,14-19,21-23,40-41H,4-6,8-10H2,1H3,(H,45,56)(H,46,57)(H2,30,35,43)(H2,31,32,33)(H,36,42,44);1H4/p-2/t14-,15-,16-,17-,18-,19-,21-,22-,23-,54?,55?;/m1./s1. The molecule has 4 aromatic heterocycles. The average molecular weight is 891 g/mol. The van der Waals surface area contributed by atoms with Crippen molar-refractivity contribution in [2.75, 3.05) is 31.3 Å². The Balaban J connectivity index is 0.00000567. The van der Waals surface area contributed by atoms with E-state index in [0.29, 0.717) is 11.2 Å². The third-order valence-electron chi connectivity index (χ3n) is 9.38. The number of rotatable bonds is 14. The molecule has 3 saturated heterocycles. The first-order chi connectivity index (χ1) is 27.0. The van der Waals surface area contributed by atoms with Gasteiger partial charge in [-0.3, -0.25) is 28.0 Å². The number of nitrogens with two attached hydrogens (primary N) is 2. The van der Waals surface area contributed by atoms with Crippen LogP contribution in [0.5, 0.6) is 0 Å². The summed E-state index contributed by atoms with van der Waals surface area (Å²) in [5, 5.41) is 20.7. The molecule has 0 aromatic carbocycles. The van der Waals surface area contributed by atoms with Gasteiger partial charge in [0.1, 0.15) is 61.4 Å². The number of aromatic nitrogens is 8. The van der Waals surface area contributed by atoms with Gasteiger partial charge in [0.2, 0.25) is 0 Å². The lowest BCUT2D eigenvalue weighted by molar-refractivity contribution is -0.215. The minimum Gasteiger partial charge on any atom is -0.780 e. The Labute approximate surface area is 338 Å². The molecule has 3 aliphatic heterocycles. The first-order valence-corrected chi connectivity index (χ1v) is 22.2. The second-order valence-electron chi connectivity index (χ2n) is 13.2. The molecule has 28 heteroatoms. The van der Waals surface area contributed by atoms with Crippen LogP contribution in [-0.2, 0) is 60.9 Å². The van der Waals surface area contributed by atoms with Crippen molar-refractivity contribution in [3.05, 3.63) is 68.0 Å². The van der Waals surface area contributed by atoms with Crippen LogP contribution in [-0.4, -0.2) is 105 Å². The second kappa shape index (κ2) is 17.6. The fraction of sp³-hybridized carbons (Fsp3) is 0.567. The number of nitrogens with zero attached hydrogens (tertiary/aromatic N) is 7. The number of aliphatic hydroxyl groups is 2. The summed E-state index contributed by atoms with van der Waals surface area (Å²) in [4.78, 5) is 68.9. The summed E-state index contributed by atoms with van der Waals surface area (Å²) < 4.78 is 57.3. The molecule has 3 fully saturated rings. The summed E-state index contributed by atoms with van der Waals surface area (Å²) in [5.74, 6) is 0.145. The van der Waals surface area contributed by atoms with Gasteiger partial charge in [-0.1, -0.05) is 19.2 Å². The highest BCUT2D eigenvalue weighted by Gasteiger charge is 2.43. The molecular weight excluding hydrogens is 850 g/mol. The number of H-pyrrole nitrogens is 1. The zero-order valence-electron chi connectivity index (χ0n) is 29.6. The topological polar surface area (TPSA) is 331 Å². The summed E-state index contributed by atoms with van der Waals surface area (Å²) in [6, 6.07) is 1.37. The number of imidazole rings is 1. The number of aromatic amines is 1. The Morgan fingerprint density at radius 2 is 1.64 bits per heavy atom. The first kappa shape index (κ1) is 44.1. The number of nitrogens with one attached hydrogen (secondary N) is 1. The molecule has 7 heterocycles. The van der Waals surface area contributed by atoms with Crippen LogP contribution < -0.4 is 33.3 Å². The predicted molar refractivity (Wildman–Crippen MR) is 205 cm³/mol. The maximum atomic E-state index is 13.6. The largest absolute Gasteiger partial charge is 0.780 e. The van der Waals surface area contributed by atoms with Gasteiger partial charge in [0.25, 0.3) is 5.56 Å². The average Bonchev–Trinajstić information content (AvgIpc) is 3.93. The lowest BCUT2D eigenvalue weighted by Crippen LogP contribution is -2.33. The van der Waals surface area contributed by atoms with Crippen molar-refractivity contribution in [3.63, 3.8) is 0 Å². The molecule has 7 N–H and O–H groups in total. The van der Waals surface area contributed by atoms with E-state index in [4.69, 9.17) is 67.8 Å². The van der Waals surface area contributed by atoms with E-state index in [1.54, 1.807) is 4.57 Å². The number of fused-ring (bicyclic) bond motifs is 1. The normalized spacial score (nSPS) is 29.3. The number of aliphatic hydroxyl groups excluding tert-OH is 2. The van der Waals surface area contributed by atoms with E-state index in [1.165, 1.54) is 38.0 Å². The van der Waals surface area contributed by atoms with Gasteiger partial charge in [-0.15, -0.1) is 0 Å². The lowest BCUT2D eigenvalue weighted by Gasteiger charge is -2.34. The molecule has 11 atom stereocenters. The Kier molecular flexibility index (Phi) is 13.4. The van der Waals surface area contributed by atoms with Crippen LogP contribution in [0.1, 0.15) is 50.9 Å². The number of hydrogen-bond donors (Lipinski definition) is 5. The summed E-state index contributed by atoms with van der Waals surface area (Å²) in [6.07, 6.45) is -4.51. The van der Waals surface area contributed by atoms with E-state index < -0.39 is 106 Å². The Morgan fingerprint density at radius 3 is 2.36 bits per heavy atom. The van der Waals surface area contributed by atoms with Crippen LogP contribution >= 0.6 is 13.5 Å². The molecular formula is C30H40N10O14P2S2-2. The second-order valence-corrected chi connectivity index (χ2v) is 18.6. The van der Waals surface area contributed by atoms with Crippen molar-refractivity contribution in [2.24, 2.45) is 0 Å². The Bertz CT molecular complexity index is 2400. The Hall–Kier alpha value is -3.46. The van der Waals surface area contributed by atoms with Crippen LogP contribution in [0, 0.1) is 6.92 Å². The van der Waals surface area contributed by atoms with Crippen molar-refractivity contribution >= 4 is 60.4 Å². The van der Waals surface area contributed by atoms with Crippen molar-refractivity contribution in [3.8, 4) is 0 Å². The van der Waals surface area contributed by atoms with Crippen LogP contribution in [0.15, 0.2) is 45.5 Å². The van der Waals surface area contributed by atoms with Crippen molar-refractivity contribution in [2.45, 2.75) is 88.9 Å². The fourth-order valence-electron chi connectivity index (χ4n) is 6.56. The fourth-order valence-corrected chi connectivity index (χ4v) is 9.48. The number of anilines is 2. The van der Waals surface area contributed by atoms with E-state index in [0.717, 1.165) is 9.13 Å². The van der Waals surface area contributed by atoms with Gasteiger partial charge in [0.15, 0.2) is 18.3 Å². The van der Waals surface area contributed by atoms with Gasteiger partial charge in [-0.2, -0.15) is 4.98 Å². The molecule has 2 unspecified atom stereocenters. The molecule has 4 aromatic rings. The third-order valence-corrected chi connectivity index (χ3v) is 12.5. The van der Waals surface area contributed by atoms with E-state index in [2.05, 4.69) is 24.9 Å². The highest BCUT2D eigenvalue weighted by atomic mass is 32.7. The van der Waals surface area contributed by atoms with Gasteiger partial charge in [-0.25, -0.2) is 24.5 Å². The molecule has 318 valence electrons. The third kappa shape index (κ3) is 9.61. The number of ether oxygens (including phenoxy) is 3. The van der Waals surface area contributed by atoms with E-state index >= 15 is 0 Å². The number of nitrogen functional groups attached to an aromatic ring is 2. The van der Waals surface area contributed by atoms with Crippen LogP contribution in [0.4, 0.5) is 11.6 Å². The van der Waals surface area contributed by atoms with Gasteiger partial charge in [0.05, 0.1) is 44.5 Å². The molecule has 58 heavy (non-hydrogen) atoms. The molecule has 0 aliphatic carbocycles. The van der Waals surface area contributed by atoms with Gasteiger partial charge < -0.3 is 71.1 Å². The highest BCUT2D eigenvalue weighted by molar-refractivity contribution is 8.32. The monoisotopic (exact) mass is 890 g/mol. The van der Waals surface area contributed by atoms with Crippen molar-refractivity contribution in [1.29, 1.82) is 0 Å². The minimum absolute atomic E-state index is 0. The molecule has 0 bridgehead atoms. The summed E-state index contributed by atoms with van der Waals surface area (Å²) in [7, 11) is 0. The SMILES string of the molecule is C.Cc1cn([C@H]2C[C@@H](OP([O-])(=S)OC[C@H]3O[C@@H](n4cnc5c(N)ncnc54)C[C@H]3O)[C@@H](COP(=O)([S-])O[C@@H]3C[C@H](n4ccc(N)nc4=O)O[C@@H]3CO)O2)c(=O)[nH]c1=O. The van der Waals surface area contributed by atoms with E-state index in [-0.39, 0.29) is 43.9 Å². The van der Waals surface area contributed by atoms with Gasteiger partial charge >= 0.3 is 11.4 Å². The maximum absolute atomic E-state index is 13.6. The summed E-state index contributed by atoms with van der Waals surface area (Å²) in [6.45, 7) is -9.07. The summed E-state index contributed by atoms with van der Waals surface area (Å²) >= 11 is 10.4. The predicted octanol–water partition coefficient (Wildman–Crippen LogP) is -0.999. The zero-order valence-corrected chi connectivity index (χ0v) is 33.0. The zero-order chi connectivity index (χ0) is 40.8. The van der Waals surface area contributed by atoms with Gasteiger partial charge in [-0.05, 0) is 13.0 Å². The number of hydrogen-bond acceptors (Lipinski definition) is 22. The van der Waals surface area contributed by atoms with Crippen molar-refractivity contribution < 1.29 is 52.0 Å². The molecule has 0 amide bonds. The van der Waals surface area contributed by atoms with Crippen molar-refractivity contribution in [1.82, 2.24) is 38.6 Å². The highest BCUT2D eigenvalue weighted by Crippen LogP contribution is 2.52. The minimum atomic E-state index is -4.43. The van der Waals surface area contributed by atoms with Crippen LogP contribution in [0.25, 0.3) is 11.2 Å². The molecule has 3 aliphatic rings. The number of aryl methyl sites for hydroxylation is 1. The molecule has 0 spiro atoms. The lowest BCUT2D eigenvalue weighted by atomic mass is 10.2. The quantitative estimate of drug-likeness (QED) is 0.0749.